The van der Waals surface area contributed by atoms with Crippen molar-refractivity contribution in [1.29, 1.82) is 0 Å². The number of rotatable bonds is 7. The molecule has 0 atom stereocenters. The highest BCUT2D eigenvalue weighted by atomic mass is 16.7. The lowest BCUT2D eigenvalue weighted by atomic mass is 9.87. The highest BCUT2D eigenvalue weighted by molar-refractivity contribution is 5.90. The van der Waals surface area contributed by atoms with Crippen LogP contribution in [0.25, 0.3) is 0 Å². The van der Waals surface area contributed by atoms with Crippen LogP contribution in [0.4, 0.5) is 0 Å². The third-order valence-corrected chi connectivity index (χ3v) is 3.93. The molecule has 0 bridgehead atoms. The summed E-state index contributed by atoms with van der Waals surface area (Å²) in [6.45, 7) is 3.84. The van der Waals surface area contributed by atoms with E-state index in [9.17, 15) is 9.59 Å². The van der Waals surface area contributed by atoms with Crippen molar-refractivity contribution in [3.8, 4) is 17.2 Å². The summed E-state index contributed by atoms with van der Waals surface area (Å²) in [5.74, 6) is -0.498. The van der Waals surface area contributed by atoms with Crippen LogP contribution in [-0.2, 0) is 19.9 Å². The van der Waals surface area contributed by atoms with E-state index in [4.69, 9.17) is 24.1 Å². The zero-order chi connectivity index (χ0) is 17.0. The van der Waals surface area contributed by atoms with Gasteiger partial charge in [-0.3, -0.25) is 9.59 Å². The van der Waals surface area contributed by atoms with Gasteiger partial charge in [-0.25, -0.2) is 0 Å². The van der Waals surface area contributed by atoms with E-state index in [2.05, 4.69) is 0 Å². The Kier molecular flexibility index (Phi) is 4.98. The predicted molar refractivity (Wildman–Crippen MR) is 79.7 cm³/mol. The Labute approximate surface area is 134 Å². The fraction of sp³-hybridized carbons (Fsp3) is 0.500. The van der Waals surface area contributed by atoms with Crippen LogP contribution in [0, 0.1) is 0 Å². The molecule has 1 heterocycles. The van der Waals surface area contributed by atoms with Gasteiger partial charge in [0.05, 0.1) is 7.11 Å². The number of esters is 1. The van der Waals surface area contributed by atoms with Gasteiger partial charge in [-0.1, -0.05) is 13.8 Å². The van der Waals surface area contributed by atoms with Crippen LogP contribution in [0.3, 0.4) is 0 Å². The fourth-order valence-electron chi connectivity index (χ4n) is 2.63. The molecular formula is C16H20O7. The molecule has 7 heteroatoms. The summed E-state index contributed by atoms with van der Waals surface area (Å²) in [6.07, 6.45) is 0.290. The van der Waals surface area contributed by atoms with Gasteiger partial charge < -0.3 is 24.1 Å². The zero-order valence-corrected chi connectivity index (χ0v) is 13.4. The Morgan fingerprint density at radius 1 is 1.26 bits per heavy atom. The number of aliphatic carboxylic acids is 1. The van der Waals surface area contributed by atoms with Crippen LogP contribution in [-0.4, -0.2) is 30.9 Å². The molecule has 126 valence electrons. The topological polar surface area (TPSA) is 91.3 Å². The van der Waals surface area contributed by atoms with E-state index in [0.717, 1.165) is 0 Å². The maximum atomic E-state index is 11.9. The Hall–Kier alpha value is -2.44. The molecule has 2 rings (SSSR count). The minimum absolute atomic E-state index is 0.0964. The second-order valence-electron chi connectivity index (χ2n) is 5.16. The SMILES string of the molecule is CCC(CC)(OC(=O)CC(=O)O)c1cc(OC)c2c(c1)OCO2. The number of methoxy groups -OCH3 is 1. The van der Waals surface area contributed by atoms with Gasteiger partial charge in [0.15, 0.2) is 11.5 Å². The minimum Gasteiger partial charge on any atom is -0.493 e. The monoisotopic (exact) mass is 324 g/mol. The van der Waals surface area contributed by atoms with E-state index in [1.807, 2.05) is 13.8 Å². The van der Waals surface area contributed by atoms with Crippen molar-refractivity contribution < 1.29 is 33.6 Å². The maximum absolute atomic E-state index is 11.9. The minimum atomic E-state index is -1.22. The molecule has 0 fully saturated rings. The van der Waals surface area contributed by atoms with E-state index in [1.165, 1.54) is 7.11 Å². The highest BCUT2D eigenvalue weighted by Crippen LogP contribution is 2.46. The molecule has 0 aromatic heterocycles. The first-order chi connectivity index (χ1) is 11.0. The lowest BCUT2D eigenvalue weighted by Gasteiger charge is -2.32. The number of hydrogen-bond donors (Lipinski definition) is 1. The van der Waals surface area contributed by atoms with Crippen molar-refractivity contribution in [3.05, 3.63) is 17.7 Å². The lowest BCUT2D eigenvalue weighted by Crippen LogP contribution is -2.32. The zero-order valence-electron chi connectivity index (χ0n) is 13.4. The van der Waals surface area contributed by atoms with E-state index in [0.29, 0.717) is 35.7 Å². The Morgan fingerprint density at radius 3 is 2.52 bits per heavy atom. The number of ether oxygens (including phenoxy) is 4. The molecule has 0 saturated heterocycles. The quantitative estimate of drug-likeness (QED) is 0.608. The predicted octanol–water partition coefficient (Wildman–Crippen LogP) is 2.46. The first kappa shape index (κ1) is 16.9. The summed E-state index contributed by atoms with van der Waals surface area (Å²) >= 11 is 0. The van der Waals surface area contributed by atoms with Crippen molar-refractivity contribution in [3.63, 3.8) is 0 Å². The Bertz CT molecular complexity index is 605. The first-order valence-corrected chi connectivity index (χ1v) is 7.37. The van der Waals surface area contributed by atoms with Crippen LogP contribution < -0.4 is 14.2 Å². The second kappa shape index (κ2) is 6.76. The summed E-state index contributed by atoms with van der Waals surface area (Å²) in [5.41, 5.74) is -0.261. The number of hydrogen-bond acceptors (Lipinski definition) is 6. The summed E-state index contributed by atoms with van der Waals surface area (Å²) in [4.78, 5) is 22.6. The van der Waals surface area contributed by atoms with Crippen LogP contribution >= 0.6 is 0 Å². The van der Waals surface area contributed by atoms with Crippen molar-refractivity contribution in [2.45, 2.75) is 38.7 Å². The number of carboxylic acids is 1. The number of benzene rings is 1. The second-order valence-corrected chi connectivity index (χ2v) is 5.16. The molecule has 1 aromatic rings. The number of fused-ring (bicyclic) bond motifs is 1. The van der Waals surface area contributed by atoms with E-state index >= 15 is 0 Å². The molecular weight excluding hydrogens is 304 g/mol. The molecule has 0 unspecified atom stereocenters. The largest absolute Gasteiger partial charge is 0.493 e. The first-order valence-electron chi connectivity index (χ1n) is 7.37. The molecule has 1 aliphatic heterocycles. The third kappa shape index (κ3) is 3.33. The van der Waals surface area contributed by atoms with Gasteiger partial charge in [-0.15, -0.1) is 0 Å². The van der Waals surface area contributed by atoms with Gasteiger partial charge in [0, 0.05) is 5.56 Å². The van der Waals surface area contributed by atoms with Crippen molar-refractivity contribution in [2.75, 3.05) is 13.9 Å². The molecule has 1 N–H and O–H groups in total. The smallest absolute Gasteiger partial charge is 0.318 e. The summed E-state index contributed by atoms with van der Waals surface area (Å²) < 4.78 is 21.6. The van der Waals surface area contributed by atoms with Gasteiger partial charge in [0.1, 0.15) is 12.0 Å². The molecule has 0 amide bonds. The summed E-state index contributed by atoms with van der Waals surface area (Å²) in [7, 11) is 1.51. The van der Waals surface area contributed by atoms with Crippen molar-refractivity contribution in [2.24, 2.45) is 0 Å². The Morgan fingerprint density at radius 2 is 1.96 bits per heavy atom. The van der Waals surface area contributed by atoms with Crippen LogP contribution in [0.2, 0.25) is 0 Å². The summed E-state index contributed by atoms with van der Waals surface area (Å²) in [5, 5.41) is 8.75. The molecule has 0 radical (unpaired) electrons. The number of carbonyl (C=O) groups excluding carboxylic acids is 1. The maximum Gasteiger partial charge on any atom is 0.318 e. The van der Waals surface area contributed by atoms with Crippen molar-refractivity contribution in [1.82, 2.24) is 0 Å². The molecule has 1 aliphatic rings. The highest BCUT2D eigenvalue weighted by Gasteiger charge is 2.36. The lowest BCUT2D eigenvalue weighted by molar-refractivity contribution is -0.165. The molecule has 0 saturated carbocycles. The number of carbonyl (C=O) groups is 2. The molecule has 7 nitrogen and oxygen atoms in total. The normalized spacial score (nSPS) is 12.8. The molecule has 1 aromatic carbocycles. The molecule has 0 spiro atoms. The molecule has 23 heavy (non-hydrogen) atoms. The van der Waals surface area contributed by atoms with Gasteiger partial charge in [-0.2, -0.15) is 0 Å². The van der Waals surface area contributed by atoms with E-state index < -0.39 is 24.0 Å². The van der Waals surface area contributed by atoms with Crippen LogP contribution in [0.5, 0.6) is 17.2 Å². The average Bonchev–Trinajstić information content (AvgIpc) is 2.99. The Balaban J connectivity index is 2.41. The van der Waals surface area contributed by atoms with Crippen LogP contribution in [0.15, 0.2) is 12.1 Å². The standard InChI is InChI=1S/C16H20O7/c1-4-16(5-2,23-14(19)8-13(17)18)10-6-11(20-3)15-12(7-10)21-9-22-15/h6-7H,4-5,8-9H2,1-3H3,(H,17,18). The van der Waals surface area contributed by atoms with Crippen LogP contribution in [0.1, 0.15) is 38.7 Å². The van der Waals surface area contributed by atoms with E-state index in [1.54, 1.807) is 12.1 Å². The fourth-order valence-corrected chi connectivity index (χ4v) is 2.63. The van der Waals surface area contributed by atoms with Gasteiger partial charge in [-0.05, 0) is 25.0 Å². The number of carboxylic acid groups (broad SMARTS) is 1. The van der Waals surface area contributed by atoms with Gasteiger partial charge in [0.2, 0.25) is 12.5 Å². The van der Waals surface area contributed by atoms with E-state index in [-0.39, 0.29) is 6.79 Å². The third-order valence-electron chi connectivity index (χ3n) is 3.93. The average molecular weight is 324 g/mol. The van der Waals surface area contributed by atoms with Gasteiger partial charge in [0.25, 0.3) is 0 Å². The van der Waals surface area contributed by atoms with Gasteiger partial charge >= 0.3 is 11.9 Å². The molecule has 0 aliphatic carbocycles. The van der Waals surface area contributed by atoms with Crippen molar-refractivity contribution >= 4 is 11.9 Å². The summed E-state index contributed by atoms with van der Waals surface area (Å²) in [6, 6.07) is 3.47.